The fraction of sp³-hybridized carbons (Fsp3) is 0.389. The number of nitrogens with one attached hydrogen (secondary N) is 1. The summed E-state index contributed by atoms with van der Waals surface area (Å²) in [7, 11) is 2.00. The molecular weight excluding hydrogens is 290 g/mol. The number of benzene rings is 1. The van der Waals surface area contributed by atoms with E-state index in [-0.39, 0.29) is 6.04 Å². The van der Waals surface area contributed by atoms with Crippen molar-refractivity contribution in [3.8, 4) is 6.07 Å². The van der Waals surface area contributed by atoms with Crippen LogP contribution < -0.4 is 10.2 Å². The number of allylic oxidation sites excluding steroid dienone is 2. The zero-order valence-electron chi connectivity index (χ0n) is 13.0. The minimum absolute atomic E-state index is 0.263. The maximum Gasteiger partial charge on any atom is 0.0988 e. The summed E-state index contributed by atoms with van der Waals surface area (Å²) in [6.07, 6.45) is 6.26. The molecule has 1 aromatic rings. The van der Waals surface area contributed by atoms with Crippen LogP contribution in [0.1, 0.15) is 6.92 Å². The van der Waals surface area contributed by atoms with Crippen molar-refractivity contribution in [2.45, 2.75) is 23.1 Å². The topological polar surface area (TPSA) is 39.1 Å². The van der Waals surface area contributed by atoms with Gasteiger partial charge in [0, 0.05) is 17.0 Å². The maximum absolute atomic E-state index is 9.22. The highest BCUT2D eigenvalue weighted by atomic mass is 32.2. The number of hydrogen-bond acceptors (Lipinski definition) is 4. The Labute approximate surface area is 136 Å². The van der Waals surface area contributed by atoms with Gasteiger partial charge in [-0.1, -0.05) is 25.1 Å². The van der Waals surface area contributed by atoms with E-state index in [1.165, 1.54) is 10.6 Å². The van der Waals surface area contributed by atoms with Crippen molar-refractivity contribution < 1.29 is 0 Å². The Hall–Kier alpha value is -1.70. The summed E-state index contributed by atoms with van der Waals surface area (Å²) in [5.74, 6) is 0.548. The van der Waals surface area contributed by atoms with E-state index in [1.54, 1.807) is 0 Å². The van der Waals surface area contributed by atoms with Crippen molar-refractivity contribution in [3.63, 3.8) is 0 Å². The second-order valence-electron chi connectivity index (χ2n) is 5.95. The number of anilines is 1. The molecule has 1 N–H and O–H groups in total. The first kappa shape index (κ1) is 15.2. The van der Waals surface area contributed by atoms with Crippen molar-refractivity contribution in [1.29, 1.82) is 5.26 Å². The normalized spacial score (nSPS) is 24.0. The zero-order valence-corrected chi connectivity index (χ0v) is 13.8. The third-order valence-electron chi connectivity index (χ3n) is 4.14. The van der Waals surface area contributed by atoms with Crippen LogP contribution in [0.5, 0.6) is 0 Å². The summed E-state index contributed by atoms with van der Waals surface area (Å²) >= 11 is 1.90. The molecule has 1 aliphatic carbocycles. The lowest BCUT2D eigenvalue weighted by atomic mass is 9.98. The van der Waals surface area contributed by atoms with Crippen molar-refractivity contribution in [2.24, 2.45) is 5.92 Å². The van der Waals surface area contributed by atoms with Gasteiger partial charge >= 0.3 is 0 Å². The molecule has 0 saturated carbocycles. The number of rotatable bonds is 4. The van der Waals surface area contributed by atoms with Gasteiger partial charge in [0.25, 0.3) is 0 Å². The first-order valence-electron chi connectivity index (χ1n) is 7.70. The first-order chi connectivity index (χ1) is 10.7. The van der Waals surface area contributed by atoms with E-state index in [1.807, 2.05) is 24.9 Å². The Morgan fingerprint density at radius 2 is 2.23 bits per heavy atom. The van der Waals surface area contributed by atoms with E-state index in [4.69, 9.17) is 0 Å². The predicted molar refractivity (Wildman–Crippen MR) is 93.1 cm³/mol. The second kappa shape index (κ2) is 6.60. The second-order valence-corrected chi connectivity index (χ2v) is 7.17. The number of nitriles is 1. The van der Waals surface area contributed by atoms with Crippen LogP contribution in [-0.4, -0.2) is 31.4 Å². The van der Waals surface area contributed by atoms with E-state index in [9.17, 15) is 5.26 Å². The summed E-state index contributed by atoms with van der Waals surface area (Å²) in [4.78, 5) is 3.80. The van der Waals surface area contributed by atoms with Gasteiger partial charge in [-0.25, -0.2) is 0 Å². The summed E-state index contributed by atoms with van der Waals surface area (Å²) < 4.78 is 0. The van der Waals surface area contributed by atoms with Gasteiger partial charge in [-0.05, 0) is 43.8 Å². The minimum atomic E-state index is 0.263. The summed E-state index contributed by atoms with van der Waals surface area (Å²) in [6.45, 7) is 4.25. The highest BCUT2D eigenvalue weighted by molar-refractivity contribution is 8.00. The quantitative estimate of drug-likeness (QED) is 0.927. The van der Waals surface area contributed by atoms with Crippen molar-refractivity contribution in [1.82, 2.24) is 5.32 Å². The van der Waals surface area contributed by atoms with Gasteiger partial charge in [-0.15, -0.1) is 11.8 Å². The first-order valence-corrected chi connectivity index (χ1v) is 8.58. The molecule has 0 spiro atoms. The molecule has 3 unspecified atom stereocenters. The fourth-order valence-electron chi connectivity index (χ4n) is 3.17. The van der Waals surface area contributed by atoms with E-state index in [2.05, 4.69) is 59.6 Å². The van der Waals surface area contributed by atoms with Gasteiger partial charge in [0.05, 0.1) is 23.0 Å². The average Bonchev–Trinajstić information content (AvgIpc) is 2.54. The van der Waals surface area contributed by atoms with Crippen molar-refractivity contribution >= 4 is 17.4 Å². The summed E-state index contributed by atoms with van der Waals surface area (Å²) in [5.41, 5.74) is 2.06. The van der Waals surface area contributed by atoms with Crippen LogP contribution in [-0.2, 0) is 0 Å². The van der Waals surface area contributed by atoms with Gasteiger partial charge in [-0.2, -0.15) is 5.26 Å². The predicted octanol–water partition coefficient (Wildman–Crippen LogP) is 3.21. The SMILES string of the molecule is CNCC(C)CN1c2ccccc2SC2C=CC(C#N)=CC21. The molecule has 4 heteroatoms. The Morgan fingerprint density at radius 3 is 3.00 bits per heavy atom. The molecule has 0 saturated heterocycles. The van der Waals surface area contributed by atoms with Crippen molar-refractivity contribution in [2.75, 3.05) is 25.0 Å². The lowest BCUT2D eigenvalue weighted by molar-refractivity contribution is 0.509. The molecule has 0 amide bonds. The molecule has 114 valence electrons. The van der Waals surface area contributed by atoms with Crippen molar-refractivity contribution in [3.05, 3.63) is 48.1 Å². The Morgan fingerprint density at radius 1 is 1.41 bits per heavy atom. The van der Waals surface area contributed by atoms with E-state index in [0.29, 0.717) is 11.2 Å². The smallest absolute Gasteiger partial charge is 0.0988 e. The molecule has 3 atom stereocenters. The highest BCUT2D eigenvalue weighted by Gasteiger charge is 2.34. The molecule has 3 rings (SSSR count). The molecular formula is C18H21N3S. The molecule has 22 heavy (non-hydrogen) atoms. The lowest BCUT2D eigenvalue weighted by Crippen LogP contribution is -2.47. The number of nitrogens with zero attached hydrogens (tertiary/aromatic N) is 2. The van der Waals surface area contributed by atoms with Crippen LogP contribution in [0.15, 0.2) is 53.0 Å². The van der Waals surface area contributed by atoms with Gasteiger partial charge in [-0.3, -0.25) is 0 Å². The zero-order chi connectivity index (χ0) is 15.5. The molecule has 0 bridgehead atoms. The molecule has 2 aliphatic rings. The Kier molecular flexibility index (Phi) is 4.56. The number of para-hydroxylation sites is 1. The molecule has 0 radical (unpaired) electrons. The number of hydrogen-bond donors (Lipinski definition) is 1. The van der Waals surface area contributed by atoms with Gasteiger partial charge in [0.2, 0.25) is 0 Å². The number of fused-ring (bicyclic) bond motifs is 2. The monoisotopic (exact) mass is 311 g/mol. The third kappa shape index (κ3) is 2.92. The molecule has 1 heterocycles. The van der Waals surface area contributed by atoms with Gasteiger partial charge in [0.15, 0.2) is 0 Å². The fourth-order valence-corrected chi connectivity index (χ4v) is 4.45. The Balaban J connectivity index is 1.96. The lowest BCUT2D eigenvalue weighted by Gasteiger charge is -2.43. The van der Waals surface area contributed by atoms with Crippen LogP contribution in [0.25, 0.3) is 0 Å². The maximum atomic E-state index is 9.22. The highest BCUT2D eigenvalue weighted by Crippen LogP contribution is 2.44. The Bertz CT molecular complexity index is 644. The average molecular weight is 311 g/mol. The summed E-state index contributed by atoms with van der Waals surface area (Å²) in [5, 5.41) is 12.9. The molecule has 1 aliphatic heterocycles. The molecule has 1 aromatic carbocycles. The molecule has 0 fully saturated rings. The van der Waals surface area contributed by atoms with Gasteiger partial charge < -0.3 is 10.2 Å². The van der Waals surface area contributed by atoms with E-state index < -0.39 is 0 Å². The molecule has 3 nitrogen and oxygen atoms in total. The summed E-state index contributed by atoms with van der Waals surface area (Å²) in [6, 6.07) is 11.1. The van der Waals surface area contributed by atoms with E-state index >= 15 is 0 Å². The molecule has 0 aromatic heterocycles. The van der Waals surface area contributed by atoms with Crippen LogP contribution in [0.3, 0.4) is 0 Å². The standard InChI is InChI=1S/C18H21N3S/c1-13(11-20-2)12-21-15-5-3-4-6-17(15)22-18-8-7-14(10-19)9-16(18)21/h3-9,13,16,18,20H,11-12H2,1-2H3. The third-order valence-corrected chi connectivity index (χ3v) is 5.45. The van der Waals surface area contributed by atoms with Crippen LogP contribution >= 0.6 is 11.8 Å². The van der Waals surface area contributed by atoms with Crippen LogP contribution in [0, 0.1) is 17.2 Å². The van der Waals surface area contributed by atoms with Crippen LogP contribution in [0.4, 0.5) is 5.69 Å². The van der Waals surface area contributed by atoms with Crippen LogP contribution in [0.2, 0.25) is 0 Å². The number of thioether (sulfide) groups is 1. The van der Waals surface area contributed by atoms with E-state index in [0.717, 1.165) is 18.7 Å². The minimum Gasteiger partial charge on any atom is -0.362 e. The largest absolute Gasteiger partial charge is 0.362 e. The van der Waals surface area contributed by atoms with Gasteiger partial charge in [0.1, 0.15) is 0 Å².